The van der Waals surface area contributed by atoms with Gasteiger partial charge in [-0.1, -0.05) is 66.2 Å². The molecule has 1 N–H and O–H groups in total. The second-order valence-corrected chi connectivity index (χ2v) is 8.34. The van der Waals surface area contributed by atoms with Crippen molar-refractivity contribution in [2.75, 3.05) is 6.54 Å². The molecule has 0 saturated heterocycles. The molecule has 5 rings (SSSR count). The first kappa shape index (κ1) is 18.8. The third-order valence-corrected chi connectivity index (χ3v) is 6.24. The fraction of sp³-hybridized carbons (Fsp3) is 0.259. The van der Waals surface area contributed by atoms with Crippen LogP contribution in [0.4, 0.5) is 0 Å². The van der Waals surface area contributed by atoms with Crippen molar-refractivity contribution < 1.29 is 0 Å². The van der Waals surface area contributed by atoms with E-state index in [-0.39, 0.29) is 11.8 Å². The molecule has 0 bridgehead atoms. The third-order valence-electron chi connectivity index (χ3n) is 6.24. The van der Waals surface area contributed by atoms with Crippen molar-refractivity contribution in [3.8, 4) is 0 Å². The summed E-state index contributed by atoms with van der Waals surface area (Å²) < 4.78 is 0. The lowest BCUT2D eigenvalue weighted by Crippen LogP contribution is -2.31. The van der Waals surface area contributed by atoms with E-state index in [4.69, 9.17) is 9.98 Å². The van der Waals surface area contributed by atoms with Crippen molar-refractivity contribution in [1.29, 1.82) is 0 Å². The zero-order chi connectivity index (χ0) is 20.5. The van der Waals surface area contributed by atoms with Crippen LogP contribution in [0.3, 0.4) is 0 Å². The van der Waals surface area contributed by atoms with Crippen LogP contribution in [0.15, 0.2) is 94.2 Å². The second kappa shape index (κ2) is 7.91. The number of rotatable bonds is 5. The van der Waals surface area contributed by atoms with Gasteiger partial charge < -0.3 is 5.32 Å². The maximum atomic E-state index is 4.91. The van der Waals surface area contributed by atoms with Crippen molar-refractivity contribution in [1.82, 2.24) is 5.32 Å². The highest BCUT2D eigenvalue weighted by atomic mass is 15.1. The molecule has 3 aliphatic rings. The molecule has 2 aliphatic heterocycles. The standard InChI is InChI=1S/C27H27N3/c1-18-16-19(2)29-27-26(18)24(20-8-4-3-5-9-20)17-25(30-27)28-15-14-22-13-12-21-10-6-7-11-23(21)22/h3-11,13,16-17,24,26,28H,12,14-15H2,1-2H3/t24-,26?/m1/s1. The molecule has 0 radical (unpaired) electrons. The number of aliphatic imine (C=N–C) groups is 2. The normalized spacial score (nSPS) is 22.1. The summed E-state index contributed by atoms with van der Waals surface area (Å²) in [5, 5.41) is 3.59. The SMILES string of the molecule is CC1=CC(C)=NC2=NC(NCCC3=CCc4ccccc43)=C[C@H](c3ccccc3)C12. The molecule has 1 aliphatic carbocycles. The van der Waals surface area contributed by atoms with E-state index in [2.05, 4.69) is 92.0 Å². The van der Waals surface area contributed by atoms with E-state index in [0.717, 1.165) is 36.8 Å². The van der Waals surface area contributed by atoms with Gasteiger partial charge in [-0.3, -0.25) is 0 Å². The number of hydrogen-bond donors (Lipinski definition) is 1. The molecule has 150 valence electrons. The van der Waals surface area contributed by atoms with Gasteiger partial charge in [0.1, 0.15) is 11.7 Å². The summed E-state index contributed by atoms with van der Waals surface area (Å²) in [6, 6.07) is 19.4. The van der Waals surface area contributed by atoms with E-state index >= 15 is 0 Å². The smallest absolute Gasteiger partial charge is 0.139 e. The van der Waals surface area contributed by atoms with E-state index in [9.17, 15) is 0 Å². The third kappa shape index (κ3) is 3.56. The Bertz CT molecular complexity index is 1120. The summed E-state index contributed by atoms with van der Waals surface area (Å²) in [7, 11) is 0. The first-order valence-corrected chi connectivity index (χ1v) is 10.8. The molecular weight excluding hydrogens is 366 g/mol. The van der Waals surface area contributed by atoms with Crippen LogP contribution < -0.4 is 5.32 Å². The van der Waals surface area contributed by atoms with Gasteiger partial charge in [-0.15, -0.1) is 0 Å². The van der Waals surface area contributed by atoms with Crippen molar-refractivity contribution in [2.24, 2.45) is 15.9 Å². The Labute approximate surface area is 178 Å². The average Bonchev–Trinajstić information content (AvgIpc) is 3.17. The van der Waals surface area contributed by atoms with Crippen molar-refractivity contribution >= 4 is 17.1 Å². The summed E-state index contributed by atoms with van der Waals surface area (Å²) in [6.07, 6.45) is 8.89. The summed E-state index contributed by atoms with van der Waals surface area (Å²) in [5.74, 6) is 2.33. The second-order valence-electron chi connectivity index (χ2n) is 8.34. The van der Waals surface area contributed by atoms with Crippen LogP contribution in [0.5, 0.6) is 0 Å². The van der Waals surface area contributed by atoms with Gasteiger partial charge in [0, 0.05) is 18.2 Å². The lowest BCUT2D eigenvalue weighted by Gasteiger charge is -2.32. The fourth-order valence-corrected chi connectivity index (χ4v) is 4.85. The Morgan fingerprint density at radius 3 is 2.63 bits per heavy atom. The first-order valence-electron chi connectivity index (χ1n) is 10.8. The fourth-order valence-electron chi connectivity index (χ4n) is 4.85. The number of hydrogen-bond acceptors (Lipinski definition) is 3. The highest BCUT2D eigenvalue weighted by Crippen LogP contribution is 2.38. The van der Waals surface area contributed by atoms with Crippen LogP contribution in [0.25, 0.3) is 5.57 Å². The Morgan fingerprint density at radius 2 is 1.77 bits per heavy atom. The molecule has 2 heterocycles. The summed E-state index contributed by atoms with van der Waals surface area (Å²) in [4.78, 5) is 9.70. The number of nitrogens with one attached hydrogen (secondary N) is 1. The molecule has 0 saturated carbocycles. The van der Waals surface area contributed by atoms with Gasteiger partial charge >= 0.3 is 0 Å². The maximum absolute atomic E-state index is 4.91. The maximum Gasteiger partial charge on any atom is 0.139 e. The minimum atomic E-state index is 0.214. The van der Waals surface area contributed by atoms with Crippen molar-refractivity contribution in [2.45, 2.75) is 32.6 Å². The van der Waals surface area contributed by atoms with E-state index in [0.29, 0.717) is 0 Å². The van der Waals surface area contributed by atoms with Gasteiger partial charge in [0.2, 0.25) is 0 Å². The summed E-state index contributed by atoms with van der Waals surface area (Å²) in [6.45, 7) is 5.12. The van der Waals surface area contributed by atoms with Gasteiger partial charge in [0.15, 0.2) is 0 Å². The minimum absolute atomic E-state index is 0.214. The molecule has 0 aromatic heterocycles. The molecule has 3 heteroatoms. The predicted molar refractivity (Wildman–Crippen MR) is 126 cm³/mol. The van der Waals surface area contributed by atoms with Gasteiger partial charge in [-0.05, 0) is 61.1 Å². The summed E-state index contributed by atoms with van der Waals surface area (Å²) >= 11 is 0. The molecule has 0 amide bonds. The number of nitrogens with zero attached hydrogens (tertiary/aromatic N) is 2. The molecule has 2 atom stereocenters. The molecule has 2 aromatic carbocycles. The molecule has 3 nitrogen and oxygen atoms in total. The van der Waals surface area contributed by atoms with Gasteiger partial charge in [0.25, 0.3) is 0 Å². The topological polar surface area (TPSA) is 36.8 Å². The zero-order valence-corrected chi connectivity index (χ0v) is 17.6. The first-order chi connectivity index (χ1) is 14.7. The predicted octanol–water partition coefficient (Wildman–Crippen LogP) is 5.68. The number of dihydropyridines is 1. The van der Waals surface area contributed by atoms with E-state index in [1.54, 1.807) is 0 Å². The van der Waals surface area contributed by atoms with Crippen LogP contribution in [-0.2, 0) is 6.42 Å². The van der Waals surface area contributed by atoms with Crippen LogP contribution in [0, 0.1) is 5.92 Å². The quantitative estimate of drug-likeness (QED) is 0.697. The monoisotopic (exact) mass is 393 g/mol. The van der Waals surface area contributed by atoms with Gasteiger partial charge in [0.05, 0.1) is 5.92 Å². The molecule has 1 unspecified atom stereocenters. The van der Waals surface area contributed by atoms with Crippen molar-refractivity contribution in [3.63, 3.8) is 0 Å². The zero-order valence-electron chi connectivity index (χ0n) is 17.6. The van der Waals surface area contributed by atoms with Crippen LogP contribution >= 0.6 is 0 Å². The van der Waals surface area contributed by atoms with Crippen LogP contribution in [0.1, 0.15) is 42.9 Å². The lowest BCUT2D eigenvalue weighted by molar-refractivity contribution is 0.655. The largest absolute Gasteiger partial charge is 0.370 e. The Balaban J connectivity index is 1.36. The Kier molecular flexibility index (Phi) is 4.96. The van der Waals surface area contributed by atoms with Crippen molar-refractivity contribution in [3.05, 3.63) is 101 Å². The average molecular weight is 394 g/mol. The number of fused-ring (bicyclic) bond motifs is 2. The van der Waals surface area contributed by atoms with E-state index in [1.807, 2.05) is 0 Å². The molecule has 0 spiro atoms. The summed E-state index contributed by atoms with van der Waals surface area (Å²) in [5.41, 5.74) is 7.94. The number of amidine groups is 1. The highest BCUT2D eigenvalue weighted by Gasteiger charge is 2.33. The molecular formula is C27H27N3. The highest BCUT2D eigenvalue weighted by molar-refractivity contribution is 6.08. The van der Waals surface area contributed by atoms with Gasteiger partial charge in [-0.25, -0.2) is 9.98 Å². The number of allylic oxidation sites excluding steroid dienone is 3. The van der Waals surface area contributed by atoms with Crippen LogP contribution in [-0.4, -0.2) is 18.1 Å². The molecule has 2 aromatic rings. The lowest BCUT2D eigenvalue weighted by atomic mass is 9.78. The Hall–Kier alpha value is -3.20. The van der Waals surface area contributed by atoms with Gasteiger partial charge in [-0.2, -0.15) is 0 Å². The van der Waals surface area contributed by atoms with Crippen LogP contribution in [0.2, 0.25) is 0 Å². The molecule has 0 fully saturated rings. The van der Waals surface area contributed by atoms with E-state index in [1.165, 1.54) is 27.8 Å². The van der Waals surface area contributed by atoms with E-state index < -0.39 is 0 Å². The Morgan fingerprint density at radius 1 is 0.967 bits per heavy atom. The molecule has 30 heavy (non-hydrogen) atoms. The minimum Gasteiger partial charge on any atom is -0.370 e. The number of benzene rings is 2.